The predicted molar refractivity (Wildman–Crippen MR) is 253 cm³/mol. The topological polar surface area (TPSA) is 3.24 Å². The maximum Gasteiger partial charge on any atom is 0.0468 e. The van der Waals surface area contributed by atoms with E-state index in [0.29, 0.717) is 0 Å². The van der Waals surface area contributed by atoms with E-state index in [0.717, 1.165) is 17.1 Å². The lowest BCUT2D eigenvalue weighted by atomic mass is 9.87. The van der Waals surface area contributed by atoms with Gasteiger partial charge in [-0.25, -0.2) is 0 Å². The van der Waals surface area contributed by atoms with Gasteiger partial charge in [-0.15, -0.1) is 0 Å². The summed E-state index contributed by atoms with van der Waals surface area (Å²) in [6.07, 6.45) is 0. The molecule has 59 heavy (non-hydrogen) atoms. The van der Waals surface area contributed by atoms with Crippen LogP contribution in [0.15, 0.2) is 237 Å². The zero-order valence-electron chi connectivity index (χ0n) is 32.5. The van der Waals surface area contributed by atoms with E-state index < -0.39 is 0 Å². The predicted octanol–water partition coefficient (Wildman–Crippen LogP) is 16.4. The molecular weight excluding hydrogens is 711 g/mol. The summed E-state index contributed by atoms with van der Waals surface area (Å²) in [7, 11) is 0. The van der Waals surface area contributed by atoms with Crippen molar-refractivity contribution in [3.63, 3.8) is 0 Å². The van der Waals surface area contributed by atoms with E-state index >= 15 is 0 Å². The van der Waals surface area contributed by atoms with Crippen molar-refractivity contribution in [2.24, 2.45) is 0 Å². The van der Waals surface area contributed by atoms with Crippen LogP contribution in [0.25, 0.3) is 87.6 Å². The number of hydrogen-bond donors (Lipinski definition) is 0. The summed E-state index contributed by atoms with van der Waals surface area (Å²) in [5.41, 5.74) is 12.8. The normalized spacial score (nSPS) is 11.4. The number of anilines is 3. The second kappa shape index (κ2) is 14.6. The maximum absolute atomic E-state index is 2.40. The summed E-state index contributed by atoms with van der Waals surface area (Å²) in [6.45, 7) is 0. The van der Waals surface area contributed by atoms with E-state index in [-0.39, 0.29) is 0 Å². The molecule has 0 spiro atoms. The molecule has 0 saturated heterocycles. The van der Waals surface area contributed by atoms with Crippen molar-refractivity contribution in [3.8, 4) is 44.5 Å². The van der Waals surface area contributed by atoms with Gasteiger partial charge in [-0.1, -0.05) is 188 Å². The largest absolute Gasteiger partial charge is 0.310 e. The molecule has 0 aliphatic carbocycles. The Morgan fingerprint density at radius 2 is 0.712 bits per heavy atom. The average Bonchev–Trinajstić information content (AvgIpc) is 3.32. The molecule has 0 aliphatic heterocycles. The molecule has 1 nitrogen and oxygen atoms in total. The van der Waals surface area contributed by atoms with Gasteiger partial charge in [0.05, 0.1) is 0 Å². The van der Waals surface area contributed by atoms with Gasteiger partial charge < -0.3 is 4.90 Å². The lowest BCUT2D eigenvalue weighted by molar-refractivity contribution is 1.28. The molecule has 0 radical (unpaired) electrons. The van der Waals surface area contributed by atoms with Crippen LogP contribution in [-0.4, -0.2) is 0 Å². The fraction of sp³-hybridized carbons (Fsp3) is 0. The maximum atomic E-state index is 2.40. The second-order valence-electron chi connectivity index (χ2n) is 15.3. The van der Waals surface area contributed by atoms with Gasteiger partial charge in [-0.05, 0) is 136 Å². The fourth-order valence-electron chi connectivity index (χ4n) is 8.94. The van der Waals surface area contributed by atoms with E-state index in [4.69, 9.17) is 0 Å². The lowest BCUT2D eigenvalue weighted by Gasteiger charge is -2.28. The Morgan fingerprint density at radius 1 is 0.203 bits per heavy atom. The highest BCUT2D eigenvalue weighted by Crippen LogP contribution is 2.45. The van der Waals surface area contributed by atoms with Crippen LogP contribution in [0.4, 0.5) is 17.1 Å². The van der Waals surface area contributed by atoms with Gasteiger partial charge in [-0.2, -0.15) is 0 Å². The van der Waals surface area contributed by atoms with Gasteiger partial charge in [0.15, 0.2) is 0 Å². The highest BCUT2D eigenvalue weighted by Gasteiger charge is 2.19. The van der Waals surface area contributed by atoms with Crippen LogP contribution in [0.5, 0.6) is 0 Å². The van der Waals surface area contributed by atoms with Crippen LogP contribution < -0.4 is 4.90 Å². The average molecular weight is 750 g/mol. The fourth-order valence-corrected chi connectivity index (χ4v) is 8.94. The molecule has 0 atom stereocenters. The Labute approximate surface area is 344 Å². The van der Waals surface area contributed by atoms with Gasteiger partial charge >= 0.3 is 0 Å². The number of nitrogens with zero attached hydrogens (tertiary/aromatic N) is 1. The summed E-state index contributed by atoms with van der Waals surface area (Å²) >= 11 is 0. The van der Waals surface area contributed by atoms with Crippen molar-refractivity contribution in [2.45, 2.75) is 0 Å². The first-order chi connectivity index (χ1) is 29.2. The first-order valence-corrected chi connectivity index (χ1v) is 20.3. The lowest BCUT2D eigenvalue weighted by Crippen LogP contribution is -2.10. The standard InChI is InChI=1S/C58H39N/c1-3-14-40(15-4-1)42-28-31-48(32-29-42)59(49-21-13-20-44(37-49)41-16-5-2-6-17-41)50-33-35-56(58-38-45-19-8-10-23-52(45)54-24-11-12-25-55(54)58)57(39-50)47-30-34-53-46(36-47)27-26-43-18-7-9-22-51(43)53/h1-39H. The third-order valence-corrected chi connectivity index (χ3v) is 11.8. The highest BCUT2D eigenvalue weighted by molar-refractivity contribution is 6.15. The molecule has 11 aromatic rings. The molecule has 0 heterocycles. The van der Waals surface area contributed by atoms with Crippen LogP contribution in [-0.2, 0) is 0 Å². The molecular formula is C58H39N. The Bertz CT molecular complexity index is 3310. The third kappa shape index (κ3) is 6.30. The molecule has 0 N–H and O–H groups in total. The second-order valence-corrected chi connectivity index (χ2v) is 15.3. The molecule has 0 amide bonds. The molecule has 0 aromatic heterocycles. The van der Waals surface area contributed by atoms with Crippen molar-refractivity contribution in [1.29, 1.82) is 0 Å². The minimum absolute atomic E-state index is 1.09. The molecule has 0 saturated carbocycles. The number of rotatable bonds is 7. The van der Waals surface area contributed by atoms with E-state index in [1.54, 1.807) is 0 Å². The van der Waals surface area contributed by atoms with E-state index in [9.17, 15) is 0 Å². The zero-order chi connectivity index (χ0) is 39.1. The Morgan fingerprint density at radius 3 is 1.47 bits per heavy atom. The number of fused-ring (bicyclic) bond motifs is 6. The quantitative estimate of drug-likeness (QED) is 0.147. The summed E-state index contributed by atoms with van der Waals surface area (Å²) in [5.74, 6) is 0. The van der Waals surface area contributed by atoms with E-state index in [2.05, 4.69) is 241 Å². The molecule has 0 bridgehead atoms. The molecule has 0 unspecified atom stereocenters. The molecule has 0 fully saturated rings. The van der Waals surface area contributed by atoms with Gasteiger partial charge in [0.25, 0.3) is 0 Å². The molecule has 11 aromatic carbocycles. The molecule has 11 rings (SSSR count). The monoisotopic (exact) mass is 749 g/mol. The van der Waals surface area contributed by atoms with Crippen LogP contribution in [0.2, 0.25) is 0 Å². The number of hydrogen-bond acceptors (Lipinski definition) is 1. The van der Waals surface area contributed by atoms with Crippen molar-refractivity contribution in [1.82, 2.24) is 0 Å². The third-order valence-electron chi connectivity index (χ3n) is 11.8. The molecule has 276 valence electrons. The van der Waals surface area contributed by atoms with E-state index in [1.807, 2.05) is 0 Å². The van der Waals surface area contributed by atoms with Gasteiger partial charge in [0, 0.05) is 17.1 Å². The van der Waals surface area contributed by atoms with Crippen molar-refractivity contribution < 1.29 is 0 Å². The van der Waals surface area contributed by atoms with Gasteiger partial charge in [0.2, 0.25) is 0 Å². The van der Waals surface area contributed by atoms with Gasteiger partial charge in [0.1, 0.15) is 0 Å². The van der Waals surface area contributed by atoms with Crippen LogP contribution in [0, 0.1) is 0 Å². The van der Waals surface area contributed by atoms with Crippen molar-refractivity contribution in [3.05, 3.63) is 237 Å². The Kier molecular flexibility index (Phi) is 8.56. The minimum Gasteiger partial charge on any atom is -0.310 e. The summed E-state index contributed by atoms with van der Waals surface area (Å²) in [4.78, 5) is 2.40. The van der Waals surface area contributed by atoms with E-state index in [1.165, 1.54) is 87.6 Å². The van der Waals surface area contributed by atoms with Crippen LogP contribution in [0.1, 0.15) is 0 Å². The molecule has 1 heteroatoms. The zero-order valence-corrected chi connectivity index (χ0v) is 32.5. The summed E-state index contributed by atoms with van der Waals surface area (Å²) in [5, 5.41) is 10.0. The van der Waals surface area contributed by atoms with Crippen molar-refractivity contribution >= 4 is 60.2 Å². The van der Waals surface area contributed by atoms with Crippen LogP contribution in [0.3, 0.4) is 0 Å². The SMILES string of the molecule is c1ccc(-c2ccc(N(c3cccc(-c4ccccc4)c3)c3ccc(-c4cc5ccccc5c5ccccc45)c(-c4ccc5c(ccc6ccccc65)c4)c3)cc2)cc1. The van der Waals surface area contributed by atoms with Gasteiger partial charge in [-0.3, -0.25) is 0 Å². The molecule has 0 aliphatic rings. The van der Waals surface area contributed by atoms with Crippen molar-refractivity contribution in [2.75, 3.05) is 4.90 Å². The first kappa shape index (κ1) is 34.5. The Balaban J connectivity index is 1.15. The highest BCUT2D eigenvalue weighted by atomic mass is 15.1. The Hall–Kier alpha value is -7.74. The summed E-state index contributed by atoms with van der Waals surface area (Å²) in [6, 6.07) is 86.4. The summed E-state index contributed by atoms with van der Waals surface area (Å²) < 4.78 is 0. The van der Waals surface area contributed by atoms with Crippen LogP contribution >= 0.6 is 0 Å². The minimum atomic E-state index is 1.09. The first-order valence-electron chi connectivity index (χ1n) is 20.3. The smallest absolute Gasteiger partial charge is 0.0468 e. The number of benzene rings is 11.